The van der Waals surface area contributed by atoms with E-state index in [0.717, 1.165) is 18.1 Å². The molecular weight excluding hydrogens is 213 g/mol. The monoisotopic (exact) mass is 230 g/mol. The summed E-state index contributed by atoms with van der Waals surface area (Å²) in [5, 5.41) is 0. The fraction of sp³-hybridized carbons (Fsp3) is 0.538. The Bertz CT molecular complexity index is 350. The van der Waals surface area contributed by atoms with E-state index in [1.165, 1.54) is 12.1 Å². The van der Waals surface area contributed by atoms with Crippen molar-refractivity contribution in [1.82, 2.24) is 0 Å². The van der Waals surface area contributed by atoms with Crippen molar-refractivity contribution >= 4 is 0 Å². The van der Waals surface area contributed by atoms with E-state index >= 15 is 0 Å². The van der Waals surface area contributed by atoms with E-state index < -0.39 is 11.7 Å². The zero-order chi connectivity index (χ0) is 12.4. The molecule has 0 aromatic heterocycles. The number of hydrogen-bond donors (Lipinski definition) is 0. The molecule has 0 aliphatic rings. The molecule has 0 spiro atoms. The first kappa shape index (κ1) is 13.1. The van der Waals surface area contributed by atoms with E-state index in [0.29, 0.717) is 6.42 Å². The highest BCUT2D eigenvalue weighted by Gasteiger charge is 2.30. The van der Waals surface area contributed by atoms with Gasteiger partial charge in [-0.05, 0) is 23.5 Å². The third kappa shape index (κ3) is 3.54. The molecule has 0 fully saturated rings. The number of halogens is 3. The van der Waals surface area contributed by atoms with Gasteiger partial charge in [-0.1, -0.05) is 45.4 Å². The van der Waals surface area contributed by atoms with Crippen LogP contribution >= 0.6 is 0 Å². The highest BCUT2D eigenvalue weighted by molar-refractivity contribution is 5.26. The van der Waals surface area contributed by atoms with E-state index in [9.17, 15) is 13.2 Å². The predicted octanol–water partition coefficient (Wildman–Crippen LogP) is 4.68. The van der Waals surface area contributed by atoms with Gasteiger partial charge in [0.2, 0.25) is 0 Å². The molecule has 16 heavy (non-hydrogen) atoms. The van der Waals surface area contributed by atoms with Gasteiger partial charge in [-0.25, -0.2) is 0 Å². The van der Waals surface area contributed by atoms with Crippen molar-refractivity contribution in [2.75, 3.05) is 0 Å². The molecule has 0 radical (unpaired) electrons. The first-order valence-corrected chi connectivity index (χ1v) is 5.41. The van der Waals surface area contributed by atoms with Gasteiger partial charge in [0.15, 0.2) is 0 Å². The van der Waals surface area contributed by atoms with Gasteiger partial charge in [-0.3, -0.25) is 0 Å². The summed E-state index contributed by atoms with van der Waals surface area (Å²) in [5.74, 6) is 0. The van der Waals surface area contributed by atoms with Gasteiger partial charge in [-0.2, -0.15) is 13.2 Å². The molecule has 90 valence electrons. The third-order valence-corrected chi connectivity index (χ3v) is 2.89. The molecule has 0 saturated heterocycles. The lowest BCUT2D eigenvalue weighted by Gasteiger charge is -2.23. The maximum absolute atomic E-state index is 12.5. The van der Waals surface area contributed by atoms with E-state index in [4.69, 9.17) is 0 Å². The number of rotatable bonds is 3. The first-order valence-electron chi connectivity index (χ1n) is 5.41. The second-order valence-electron chi connectivity index (χ2n) is 4.89. The van der Waals surface area contributed by atoms with Crippen LogP contribution in [0.3, 0.4) is 0 Å². The van der Waals surface area contributed by atoms with Crippen molar-refractivity contribution in [3.63, 3.8) is 0 Å². The van der Waals surface area contributed by atoms with Crippen LogP contribution in [-0.2, 0) is 12.6 Å². The van der Waals surface area contributed by atoms with Gasteiger partial charge in [0.05, 0.1) is 5.56 Å². The minimum atomic E-state index is -4.24. The molecule has 1 aromatic rings. The fourth-order valence-electron chi connectivity index (χ4n) is 1.54. The summed E-state index contributed by atoms with van der Waals surface area (Å²) in [6, 6.07) is 5.59. The lowest BCUT2D eigenvalue weighted by molar-refractivity contribution is -0.137. The molecule has 0 nitrogen and oxygen atoms in total. The maximum atomic E-state index is 12.5. The zero-order valence-electron chi connectivity index (χ0n) is 9.86. The predicted molar refractivity (Wildman–Crippen MR) is 59.2 cm³/mol. The zero-order valence-corrected chi connectivity index (χ0v) is 9.86. The SMILES string of the molecule is CCC(C)(C)Cc1cccc(C(F)(F)F)c1. The van der Waals surface area contributed by atoms with Crippen molar-refractivity contribution in [3.05, 3.63) is 35.4 Å². The fourth-order valence-corrected chi connectivity index (χ4v) is 1.54. The Labute approximate surface area is 94.5 Å². The summed E-state index contributed by atoms with van der Waals surface area (Å²) in [5.41, 5.74) is 0.239. The average Bonchev–Trinajstić information content (AvgIpc) is 2.16. The van der Waals surface area contributed by atoms with Crippen LogP contribution in [0.15, 0.2) is 24.3 Å². The molecule has 0 atom stereocenters. The molecule has 1 aromatic carbocycles. The topological polar surface area (TPSA) is 0 Å². The van der Waals surface area contributed by atoms with Crippen LogP contribution in [0.1, 0.15) is 38.3 Å². The number of alkyl halides is 3. The molecule has 0 saturated carbocycles. The Morgan fingerprint density at radius 1 is 1.12 bits per heavy atom. The molecule has 0 heterocycles. The second kappa shape index (κ2) is 4.48. The van der Waals surface area contributed by atoms with E-state index in [2.05, 4.69) is 13.8 Å². The lowest BCUT2D eigenvalue weighted by Crippen LogP contribution is -2.14. The average molecular weight is 230 g/mol. The standard InChI is InChI=1S/C13H17F3/c1-4-12(2,3)9-10-6-5-7-11(8-10)13(14,15)16/h5-8H,4,9H2,1-3H3. The van der Waals surface area contributed by atoms with Crippen LogP contribution in [-0.4, -0.2) is 0 Å². The number of benzene rings is 1. The smallest absolute Gasteiger partial charge is 0.166 e. The summed E-state index contributed by atoms with van der Waals surface area (Å²) in [6.07, 6.45) is -2.62. The molecule has 0 bridgehead atoms. The van der Waals surface area contributed by atoms with E-state index in [-0.39, 0.29) is 5.41 Å². The van der Waals surface area contributed by atoms with Gasteiger partial charge < -0.3 is 0 Å². The van der Waals surface area contributed by atoms with Crippen LogP contribution in [0.2, 0.25) is 0 Å². The summed E-state index contributed by atoms with van der Waals surface area (Å²) in [4.78, 5) is 0. The van der Waals surface area contributed by atoms with Crippen LogP contribution in [0.4, 0.5) is 13.2 Å². The van der Waals surface area contributed by atoms with Crippen molar-refractivity contribution < 1.29 is 13.2 Å². The Hall–Kier alpha value is -0.990. The molecule has 3 heteroatoms. The van der Waals surface area contributed by atoms with Crippen molar-refractivity contribution in [1.29, 1.82) is 0 Å². The normalized spacial score (nSPS) is 12.9. The van der Waals surface area contributed by atoms with Crippen molar-refractivity contribution in [2.45, 2.75) is 39.8 Å². The van der Waals surface area contributed by atoms with Crippen molar-refractivity contribution in [3.8, 4) is 0 Å². The Morgan fingerprint density at radius 3 is 2.25 bits per heavy atom. The largest absolute Gasteiger partial charge is 0.416 e. The van der Waals surface area contributed by atoms with Crippen LogP contribution in [0.5, 0.6) is 0 Å². The van der Waals surface area contributed by atoms with Gasteiger partial charge in [0.25, 0.3) is 0 Å². The molecular formula is C13H17F3. The van der Waals surface area contributed by atoms with Crippen LogP contribution in [0, 0.1) is 5.41 Å². The van der Waals surface area contributed by atoms with E-state index in [1.807, 2.05) is 6.92 Å². The Balaban J connectivity index is 2.92. The van der Waals surface area contributed by atoms with Gasteiger partial charge in [0.1, 0.15) is 0 Å². The van der Waals surface area contributed by atoms with Gasteiger partial charge in [0, 0.05) is 0 Å². The molecule has 0 aliphatic heterocycles. The Kier molecular flexibility index (Phi) is 3.66. The summed E-state index contributed by atoms with van der Waals surface area (Å²) in [6.45, 7) is 6.17. The second-order valence-corrected chi connectivity index (χ2v) is 4.89. The summed E-state index contributed by atoms with van der Waals surface area (Å²) < 4.78 is 37.4. The molecule has 0 unspecified atom stereocenters. The van der Waals surface area contributed by atoms with E-state index in [1.54, 1.807) is 6.07 Å². The number of hydrogen-bond acceptors (Lipinski definition) is 0. The highest BCUT2D eigenvalue weighted by atomic mass is 19.4. The first-order chi connectivity index (χ1) is 7.24. The van der Waals surface area contributed by atoms with Gasteiger partial charge >= 0.3 is 6.18 Å². The quantitative estimate of drug-likeness (QED) is 0.707. The lowest BCUT2D eigenvalue weighted by atomic mass is 9.83. The molecule has 0 aliphatic carbocycles. The van der Waals surface area contributed by atoms with Crippen LogP contribution in [0.25, 0.3) is 0 Å². The summed E-state index contributed by atoms with van der Waals surface area (Å²) in [7, 11) is 0. The molecule has 1 rings (SSSR count). The van der Waals surface area contributed by atoms with Crippen LogP contribution < -0.4 is 0 Å². The maximum Gasteiger partial charge on any atom is 0.416 e. The summed E-state index contributed by atoms with van der Waals surface area (Å²) >= 11 is 0. The third-order valence-electron chi connectivity index (χ3n) is 2.89. The minimum absolute atomic E-state index is 0.0459. The van der Waals surface area contributed by atoms with Gasteiger partial charge in [-0.15, -0.1) is 0 Å². The molecule has 0 N–H and O–H groups in total. The van der Waals surface area contributed by atoms with Crippen molar-refractivity contribution in [2.24, 2.45) is 5.41 Å². The molecule has 0 amide bonds. The highest BCUT2D eigenvalue weighted by Crippen LogP contribution is 2.31. The minimum Gasteiger partial charge on any atom is -0.166 e. The Morgan fingerprint density at radius 2 is 1.75 bits per heavy atom.